The molecule has 9 nitrogen and oxygen atoms in total. The van der Waals surface area contributed by atoms with Crippen molar-refractivity contribution in [2.24, 2.45) is 0 Å². The van der Waals surface area contributed by atoms with Gasteiger partial charge in [-0.2, -0.15) is 0 Å². The van der Waals surface area contributed by atoms with Crippen molar-refractivity contribution in [3.8, 4) is 11.5 Å². The third-order valence-corrected chi connectivity index (χ3v) is 6.42. The minimum atomic E-state index is -0.526. The van der Waals surface area contributed by atoms with E-state index in [1.807, 2.05) is 25.1 Å². The summed E-state index contributed by atoms with van der Waals surface area (Å²) in [6.45, 7) is 4.54. The van der Waals surface area contributed by atoms with Crippen LogP contribution in [0.2, 0.25) is 0 Å². The number of thioether (sulfide) groups is 1. The van der Waals surface area contributed by atoms with Gasteiger partial charge in [0.1, 0.15) is 6.54 Å². The van der Waals surface area contributed by atoms with E-state index in [0.29, 0.717) is 42.6 Å². The maximum absolute atomic E-state index is 13.0. The van der Waals surface area contributed by atoms with E-state index in [4.69, 9.17) is 14.2 Å². The summed E-state index contributed by atoms with van der Waals surface area (Å²) in [5.74, 6) is 0.0347. The molecule has 2 fully saturated rings. The number of nitrogens with one attached hydrogen (secondary N) is 1. The Kier molecular flexibility index (Phi) is 7.94. The Morgan fingerprint density at radius 2 is 1.91 bits per heavy atom. The Labute approximate surface area is 208 Å². The Balaban J connectivity index is 1.48. The molecule has 0 bridgehead atoms. The highest BCUT2D eigenvalue weighted by Crippen LogP contribution is 2.37. The second kappa shape index (κ2) is 11.3. The summed E-state index contributed by atoms with van der Waals surface area (Å²) >= 11 is 0.791. The monoisotopic (exact) mass is 497 g/mol. The quantitative estimate of drug-likeness (QED) is 0.553. The molecule has 35 heavy (non-hydrogen) atoms. The van der Waals surface area contributed by atoms with Gasteiger partial charge in [0.25, 0.3) is 11.1 Å². The average molecular weight is 498 g/mol. The highest BCUT2D eigenvalue weighted by atomic mass is 32.2. The first-order chi connectivity index (χ1) is 17.0. The van der Waals surface area contributed by atoms with Gasteiger partial charge in [-0.25, -0.2) is 0 Å². The number of amides is 3. The van der Waals surface area contributed by atoms with Crippen molar-refractivity contribution in [2.75, 3.05) is 56.8 Å². The van der Waals surface area contributed by atoms with Crippen LogP contribution in [0.5, 0.6) is 11.5 Å². The minimum absolute atomic E-state index is 0.214. The summed E-state index contributed by atoms with van der Waals surface area (Å²) in [5, 5.41) is 2.35. The van der Waals surface area contributed by atoms with Crippen molar-refractivity contribution < 1.29 is 28.6 Å². The van der Waals surface area contributed by atoms with E-state index >= 15 is 0 Å². The number of para-hydroxylation sites is 3. The average Bonchev–Trinajstić information content (AvgIpc) is 3.13. The first kappa shape index (κ1) is 24.6. The van der Waals surface area contributed by atoms with Crippen LogP contribution in [-0.4, -0.2) is 68.5 Å². The predicted octanol–water partition coefficient (Wildman–Crippen LogP) is 3.61. The van der Waals surface area contributed by atoms with Gasteiger partial charge in [0, 0.05) is 18.7 Å². The van der Waals surface area contributed by atoms with Crippen LogP contribution in [0.25, 0.3) is 6.08 Å². The summed E-state index contributed by atoms with van der Waals surface area (Å²) in [5.41, 5.74) is 2.11. The van der Waals surface area contributed by atoms with Gasteiger partial charge in [-0.3, -0.25) is 19.3 Å². The fourth-order valence-electron chi connectivity index (χ4n) is 3.88. The van der Waals surface area contributed by atoms with Crippen LogP contribution < -0.4 is 19.7 Å². The zero-order valence-electron chi connectivity index (χ0n) is 19.6. The van der Waals surface area contributed by atoms with E-state index in [1.165, 1.54) is 7.11 Å². The van der Waals surface area contributed by atoms with Gasteiger partial charge in [-0.05, 0) is 43.0 Å². The van der Waals surface area contributed by atoms with E-state index < -0.39 is 17.1 Å². The van der Waals surface area contributed by atoms with Gasteiger partial charge in [0.15, 0.2) is 11.5 Å². The van der Waals surface area contributed by atoms with E-state index in [1.54, 1.807) is 30.3 Å². The van der Waals surface area contributed by atoms with Crippen LogP contribution in [0, 0.1) is 0 Å². The van der Waals surface area contributed by atoms with Gasteiger partial charge < -0.3 is 24.4 Å². The molecule has 2 saturated heterocycles. The Hall–Kier alpha value is -3.50. The molecule has 10 heteroatoms. The van der Waals surface area contributed by atoms with Crippen LogP contribution in [0.15, 0.2) is 47.4 Å². The summed E-state index contributed by atoms with van der Waals surface area (Å²) in [4.78, 5) is 41.7. The third kappa shape index (κ3) is 5.60. The molecule has 0 aliphatic carbocycles. The van der Waals surface area contributed by atoms with Gasteiger partial charge in [-0.15, -0.1) is 0 Å². The zero-order valence-corrected chi connectivity index (χ0v) is 20.4. The number of carbonyl (C=O) groups is 3. The molecule has 184 valence electrons. The van der Waals surface area contributed by atoms with Crippen LogP contribution in [0.3, 0.4) is 0 Å². The lowest BCUT2D eigenvalue weighted by Crippen LogP contribution is -2.38. The fraction of sp³-hybridized carbons (Fsp3) is 0.320. The molecule has 2 heterocycles. The lowest BCUT2D eigenvalue weighted by Gasteiger charge is -2.30. The van der Waals surface area contributed by atoms with E-state index in [-0.39, 0.29) is 11.4 Å². The summed E-state index contributed by atoms with van der Waals surface area (Å²) in [7, 11) is 1.53. The van der Waals surface area contributed by atoms with Gasteiger partial charge in [0.05, 0.1) is 43.2 Å². The molecule has 2 aromatic rings. The number of imide groups is 1. The smallest absolute Gasteiger partial charge is 0.294 e. The Morgan fingerprint density at radius 3 is 2.66 bits per heavy atom. The van der Waals surface area contributed by atoms with Gasteiger partial charge >= 0.3 is 0 Å². The number of carbonyl (C=O) groups excluding carboxylic acids is 3. The largest absolute Gasteiger partial charge is 0.493 e. The highest BCUT2D eigenvalue weighted by molar-refractivity contribution is 8.18. The van der Waals surface area contributed by atoms with Gasteiger partial charge in [0.2, 0.25) is 5.91 Å². The standard InChI is InChI=1S/C25H27N3O6S/c1-3-34-23-17(7-6-10-20(23)32-2)15-21-24(30)28(25(31)35-21)16-22(29)26-18-8-4-5-9-19(18)27-11-13-33-14-12-27/h4-10,15H,3,11-14,16H2,1-2H3,(H,26,29)/b21-15+. The van der Waals surface area contributed by atoms with Crippen molar-refractivity contribution in [2.45, 2.75) is 6.92 Å². The molecule has 2 aliphatic heterocycles. The van der Waals surface area contributed by atoms with E-state index in [9.17, 15) is 14.4 Å². The number of methoxy groups -OCH3 is 1. The van der Waals surface area contributed by atoms with Crippen LogP contribution in [-0.2, 0) is 14.3 Å². The first-order valence-corrected chi connectivity index (χ1v) is 12.1. The van der Waals surface area contributed by atoms with Crippen LogP contribution in [0.1, 0.15) is 12.5 Å². The Morgan fingerprint density at radius 1 is 1.14 bits per heavy atom. The molecule has 0 spiro atoms. The number of rotatable bonds is 8. The molecule has 0 radical (unpaired) electrons. The fourth-order valence-corrected chi connectivity index (χ4v) is 4.71. The van der Waals surface area contributed by atoms with Crippen LogP contribution >= 0.6 is 11.8 Å². The topological polar surface area (TPSA) is 97.4 Å². The number of hydrogen-bond donors (Lipinski definition) is 1. The van der Waals surface area contributed by atoms with E-state index in [0.717, 1.165) is 35.4 Å². The Bertz CT molecular complexity index is 1150. The zero-order chi connectivity index (χ0) is 24.8. The number of ether oxygens (including phenoxy) is 3. The van der Waals surface area contributed by atoms with Crippen molar-refractivity contribution >= 4 is 46.3 Å². The summed E-state index contributed by atoms with van der Waals surface area (Å²) < 4.78 is 16.4. The molecular weight excluding hydrogens is 470 g/mol. The normalized spacial score (nSPS) is 17.1. The van der Waals surface area contributed by atoms with Crippen molar-refractivity contribution in [3.05, 3.63) is 52.9 Å². The maximum Gasteiger partial charge on any atom is 0.294 e. The molecule has 3 amide bonds. The molecule has 0 unspecified atom stereocenters. The lowest BCUT2D eigenvalue weighted by molar-refractivity contribution is -0.127. The second-order valence-electron chi connectivity index (χ2n) is 7.74. The second-order valence-corrected chi connectivity index (χ2v) is 8.74. The van der Waals surface area contributed by atoms with E-state index in [2.05, 4.69) is 10.2 Å². The molecular formula is C25H27N3O6S. The van der Waals surface area contributed by atoms with Crippen molar-refractivity contribution in [1.82, 2.24) is 4.90 Å². The molecule has 0 saturated carbocycles. The summed E-state index contributed by atoms with van der Waals surface area (Å²) in [6, 6.07) is 12.8. The van der Waals surface area contributed by atoms with Crippen molar-refractivity contribution in [1.29, 1.82) is 0 Å². The van der Waals surface area contributed by atoms with Gasteiger partial charge in [-0.1, -0.05) is 24.3 Å². The molecule has 1 N–H and O–H groups in total. The SMILES string of the molecule is CCOc1c(/C=C2/SC(=O)N(CC(=O)Nc3ccccc3N3CCOCC3)C2=O)cccc1OC. The molecule has 0 atom stereocenters. The third-order valence-electron chi connectivity index (χ3n) is 5.51. The predicted molar refractivity (Wildman–Crippen MR) is 135 cm³/mol. The van der Waals surface area contributed by atoms with Crippen LogP contribution in [0.4, 0.5) is 16.2 Å². The summed E-state index contributed by atoms with van der Waals surface area (Å²) in [6.07, 6.45) is 1.59. The number of benzene rings is 2. The van der Waals surface area contributed by atoms with Crippen molar-refractivity contribution in [3.63, 3.8) is 0 Å². The number of anilines is 2. The number of nitrogens with zero attached hydrogens (tertiary/aromatic N) is 2. The highest BCUT2D eigenvalue weighted by Gasteiger charge is 2.36. The minimum Gasteiger partial charge on any atom is -0.493 e. The maximum atomic E-state index is 13.0. The molecule has 2 aliphatic rings. The molecule has 4 rings (SSSR count). The lowest BCUT2D eigenvalue weighted by atomic mass is 10.1. The molecule has 0 aromatic heterocycles. The number of morpholine rings is 1. The number of hydrogen-bond acceptors (Lipinski definition) is 8. The first-order valence-electron chi connectivity index (χ1n) is 11.3. The molecule has 2 aromatic carbocycles.